The van der Waals surface area contributed by atoms with Crippen LogP contribution < -0.4 is 5.73 Å². The van der Waals surface area contributed by atoms with Gasteiger partial charge in [-0.2, -0.15) is 0 Å². The predicted molar refractivity (Wildman–Crippen MR) is 76.8 cm³/mol. The molecule has 1 heterocycles. The van der Waals surface area contributed by atoms with Gasteiger partial charge in [-0.1, -0.05) is 12.1 Å². The third-order valence-electron chi connectivity index (χ3n) is 3.77. The lowest BCUT2D eigenvalue weighted by molar-refractivity contribution is -0.158. The van der Waals surface area contributed by atoms with E-state index in [9.17, 15) is 14.0 Å². The van der Waals surface area contributed by atoms with Crippen LogP contribution in [0.4, 0.5) is 4.39 Å². The van der Waals surface area contributed by atoms with E-state index in [4.69, 9.17) is 5.73 Å². The Kier molecular flexibility index (Phi) is 4.57. The van der Waals surface area contributed by atoms with E-state index in [0.29, 0.717) is 19.6 Å². The Morgan fingerprint density at radius 3 is 2.33 bits per heavy atom. The molecule has 1 aliphatic rings. The molecule has 1 aliphatic heterocycles. The second-order valence-electron chi connectivity index (χ2n) is 5.24. The zero-order valence-electron chi connectivity index (χ0n) is 12.3. The van der Waals surface area contributed by atoms with Crippen LogP contribution in [0.3, 0.4) is 0 Å². The minimum absolute atomic E-state index is 0.347. The van der Waals surface area contributed by atoms with Gasteiger partial charge in [0.2, 0.25) is 0 Å². The van der Waals surface area contributed by atoms with Gasteiger partial charge in [-0.3, -0.25) is 9.59 Å². The van der Waals surface area contributed by atoms with Crippen molar-refractivity contribution in [2.75, 3.05) is 19.6 Å². The zero-order chi connectivity index (χ0) is 15.6. The van der Waals surface area contributed by atoms with Gasteiger partial charge in [0.05, 0.1) is 6.04 Å². The normalized spacial score (nSPS) is 18.9. The first-order valence-corrected chi connectivity index (χ1v) is 7.06. The summed E-state index contributed by atoms with van der Waals surface area (Å²) < 4.78 is 13.1. The van der Waals surface area contributed by atoms with Crippen molar-refractivity contribution in [2.24, 2.45) is 5.73 Å². The van der Waals surface area contributed by atoms with Crippen molar-refractivity contribution >= 4 is 11.8 Å². The first-order valence-electron chi connectivity index (χ1n) is 7.06. The molecule has 2 atom stereocenters. The smallest absolute Gasteiger partial charge is 0.312 e. The van der Waals surface area contributed by atoms with Crippen LogP contribution in [-0.4, -0.2) is 47.3 Å². The number of likely N-dealkylation sites (N-methyl/N-ethyl adjacent to an activating group) is 1. The van der Waals surface area contributed by atoms with Gasteiger partial charge in [0.1, 0.15) is 5.82 Å². The van der Waals surface area contributed by atoms with E-state index in [1.807, 2.05) is 6.92 Å². The summed E-state index contributed by atoms with van der Waals surface area (Å²) in [7, 11) is 0. The molecule has 0 aromatic heterocycles. The number of piperazine rings is 1. The summed E-state index contributed by atoms with van der Waals surface area (Å²) in [5, 5.41) is 0. The average Bonchev–Trinajstić information content (AvgIpc) is 2.45. The second-order valence-corrected chi connectivity index (χ2v) is 5.24. The quantitative estimate of drug-likeness (QED) is 0.839. The number of rotatable bonds is 4. The topological polar surface area (TPSA) is 66.6 Å². The van der Waals surface area contributed by atoms with Gasteiger partial charge in [-0.25, -0.2) is 4.39 Å². The molecule has 6 heteroatoms. The van der Waals surface area contributed by atoms with E-state index in [0.717, 1.165) is 5.56 Å². The molecule has 0 spiro atoms. The van der Waals surface area contributed by atoms with Crippen molar-refractivity contribution in [3.8, 4) is 0 Å². The van der Waals surface area contributed by atoms with E-state index in [1.54, 1.807) is 19.1 Å². The largest absolute Gasteiger partial charge is 0.333 e. The van der Waals surface area contributed by atoms with E-state index in [-0.39, 0.29) is 11.9 Å². The number of nitrogens with zero attached hydrogens (tertiary/aromatic N) is 2. The number of amides is 2. The minimum Gasteiger partial charge on any atom is -0.333 e. The summed E-state index contributed by atoms with van der Waals surface area (Å²) >= 11 is 0. The van der Waals surface area contributed by atoms with Crippen LogP contribution in [-0.2, 0) is 9.59 Å². The number of carbonyl (C=O) groups excluding carboxylic acids is 2. The average molecular weight is 293 g/mol. The van der Waals surface area contributed by atoms with Crippen LogP contribution in [0.25, 0.3) is 0 Å². The SMILES string of the molecule is CCN1CCN(C(c2ccc(F)cc2)C(C)N)C(=O)C1=O. The van der Waals surface area contributed by atoms with E-state index >= 15 is 0 Å². The highest BCUT2D eigenvalue weighted by atomic mass is 19.1. The van der Waals surface area contributed by atoms with Crippen molar-refractivity contribution in [1.29, 1.82) is 0 Å². The van der Waals surface area contributed by atoms with Crippen molar-refractivity contribution < 1.29 is 14.0 Å². The van der Waals surface area contributed by atoms with Crippen molar-refractivity contribution in [3.05, 3.63) is 35.6 Å². The molecule has 0 bridgehead atoms. The fourth-order valence-corrected chi connectivity index (χ4v) is 2.68. The highest BCUT2D eigenvalue weighted by Crippen LogP contribution is 2.26. The van der Waals surface area contributed by atoms with Crippen LogP contribution in [0.2, 0.25) is 0 Å². The third kappa shape index (κ3) is 3.05. The molecular weight excluding hydrogens is 273 g/mol. The highest BCUT2D eigenvalue weighted by molar-refractivity contribution is 6.35. The van der Waals surface area contributed by atoms with Crippen LogP contribution in [0.5, 0.6) is 0 Å². The summed E-state index contributed by atoms with van der Waals surface area (Å²) in [4.78, 5) is 27.3. The maximum atomic E-state index is 13.1. The number of hydrogen-bond donors (Lipinski definition) is 1. The Bertz CT molecular complexity index is 530. The van der Waals surface area contributed by atoms with E-state index in [1.165, 1.54) is 21.9 Å². The molecule has 1 fully saturated rings. The van der Waals surface area contributed by atoms with E-state index < -0.39 is 17.9 Å². The standard InChI is InChI=1S/C15H20FN3O2/c1-3-18-8-9-19(15(21)14(18)20)13(10(2)17)11-4-6-12(16)7-5-11/h4-7,10,13H,3,8-9,17H2,1-2H3. The Balaban J connectivity index is 2.29. The summed E-state index contributed by atoms with van der Waals surface area (Å²) in [6.07, 6.45) is 0. The molecule has 0 radical (unpaired) electrons. The molecular formula is C15H20FN3O2. The Morgan fingerprint density at radius 1 is 1.19 bits per heavy atom. The lowest BCUT2D eigenvalue weighted by Crippen LogP contribution is -2.57. The third-order valence-corrected chi connectivity index (χ3v) is 3.77. The first kappa shape index (κ1) is 15.4. The Labute approximate surface area is 123 Å². The number of benzene rings is 1. The molecule has 2 rings (SSSR count). The van der Waals surface area contributed by atoms with Gasteiger partial charge in [0.25, 0.3) is 0 Å². The molecule has 2 amide bonds. The molecule has 0 aliphatic carbocycles. The molecule has 2 N–H and O–H groups in total. The molecule has 1 saturated heterocycles. The summed E-state index contributed by atoms with van der Waals surface area (Å²) in [5.74, 6) is -1.40. The van der Waals surface area contributed by atoms with Gasteiger partial charge in [-0.05, 0) is 31.5 Å². The maximum Gasteiger partial charge on any atom is 0.312 e. The number of hydrogen-bond acceptors (Lipinski definition) is 3. The fourth-order valence-electron chi connectivity index (χ4n) is 2.68. The van der Waals surface area contributed by atoms with E-state index in [2.05, 4.69) is 0 Å². The maximum absolute atomic E-state index is 13.1. The van der Waals surface area contributed by atoms with Gasteiger partial charge in [-0.15, -0.1) is 0 Å². The summed E-state index contributed by atoms with van der Waals surface area (Å²) in [6.45, 7) is 5.05. The van der Waals surface area contributed by atoms with Crippen molar-refractivity contribution in [3.63, 3.8) is 0 Å². The minimum atomic E-state index is -0.547. The van der Waals surface area contributed by atoms with Crippen LogP contribution in [0.1, 0.15) is 25.5 Å². The molecule has 1 aromatic rings. The molecule has 2 unspecified atom stereocenters. The van der Waals surface area contributed by atoms with Gasteiger partial charge >= 0.3 is 11.8 Å². The highest BCUT2D eigenvalue weighted by Gasteiger charge is 2.37. The van der Waals surface area contributed by atoms with Crippen LogP contribution in [0.15, 0.2) is 24.3 Å². The lowest BCUT2D eigenvalue weighted by atomic mass is 9.98. The summed E-state index contributed by atoms with van der Waals surface area (Å²) in [5.41, 5.74) is 6.73. The van der Waals surface area contributed by atoms with Gasteiger partial charge < -0.3 is 15.5 Å². The first-order chi connectivity index (χ1) is 9.95. The fraction of sp³-hybridized carbons (Fsp3) is 0.467. The predicted octanol–water partition coefficient (Wildman–Crippen LogP) is 0.905. The zero-order valence-corrected chi connectivity index (χ0v) is 12.3. The lowest BCUT2D eigenvalue weighted by Gasteiger charge is -2.39. The van der Waals surface area contributed by atoms with Gasteiger partial charge in [0, 0.05) is 25.7 Å². The number of nitrogens with two attached hydrogens (primary N) is 1. The molecule has 5 nitrogen and oxygen atoms in total. The number of carbonyl (C=O) groups is 2. The molecule has 21 heavy (non-hydrogen) atoms. The monoisotopic (exact) mass is 293 g/mol. The summed E-state index contributed by atoms with van der Waals surface area (Å²) in [6, 6.07) is 5.08. The Hall–Kier alpha value is -1.95. The van der Waals surface area contributed by atoms with Gasteiger partial charge in [0.15, 0.2) is 0 Å². The Morgan fingerprint density at radius 2 is 1.81 bits per heavy atom. The van der Waals surface area contributed by atoms with Crippen molar-refractivity contribution in [1.82, 2.24) is 9.80 Å². The second kappa shape index (κ2) is 6.22. The van der Waals surface area contributed by atoms with Crippen molar-refractivity contribution in [2.45, 2.75) is 25.9 Å². The van der Waals surface area contributed by atoms with Crippen LogP contribution >= 0.6 is 0 Å². The van der Waals surface area contributed by atoms with Crippen LogP contribution in [0, 0.1) is 5.82 Å². The number of halogens is 1. The molecule has 0 saturated carbocycles. The molecule has 1 aromatic carbocycles. The molecule has 114 valence electrons.